The van der Waals surface area contributed by atoms with Gasteiger partial charge in [-0.25, -0.2) is 0 Å². The molecule has 0 aliphatic rings. The van der Waals surface area contributed by atoms with Crippen molar-refractivity contribution >= 4 is 98.5 Å². The van der Waals surface area contributed by atoms with Gasteiger partial charge in [0.15, 0.2) is 0 Å². The van der Waals surface area contributed by atoms with Crippen LogP contribution >= 0.6 is 98.5 Å². The van der Waals surface area contributed by atoms with E-state index in [9.17, 15) is 10.2 Å². The number of aromatic hydroxyl groups is 2. The van der Waals surface area contributed by atoms with Crippen LogP contribution in [0.2, 0.25) is 15.9 Å². The van der Waals surface area contributed by atoms with Gasteiger partial charge in [-0.3, -0.25) is 0 Å². The first-order chi connectivity index (χ1) is 13.9. The van der Waals surface area contributed by atoms with Crippen molar-refractivity contribution < 1.29 is 10.2 Å². The number of halogens is 7. The van der Waals surface area contributed by atoms with Crippen LogP contribution in [-0.2, 0) is 5.41 Å². The van der Waals surface area contributed by atoms with Gasteiger partial charge in [-0.1, -0.05) is 26.0 Å². The Morgan fingerprint density at radius 2 is 1.07 bits per heavy atom. The summed E-state index contributed by atoms with van der Waals surface area (Å²) in [4.78, 5) is 10.4. The molecule has 0 fully saturated rings. The molecule has 1 heterocycles. The standard InChI is InChI=1S/C15H12Br4O2.C3Cl3N3/c1-15(2,7-3-5-8(20)6-4-7)9-10(16)12(18)14(21)13(19)11(9)17;4-1-7-2(5)9-3(6)8-1/h3-6,20-21H,1-2H3;. The van der Waals surface area contributed by atoms with E-state index in [1.54, 1.807) is 12.1 Å². The normalized spacial score (nSPS) is 11.1. The highest BCUT2D eigenvalue weighted by Gasteiger charge is 2.31. The van der Waals surface area contributed by atoms with Gasteiger partial charge in [-0.05, 0) is 122 Å². The van der Waals surface area contributed by atoms with Gasteiger partial charge in [0.25, 0.3) is 0 Å². The van der Waals surface area contributed by atoms with Gasteiger partial charge in [-0.15, -0.1) is 0 Å². The van der Waals surface area contributed by atoms with Crippen molar-refractivity contribution in [3.05, 3.63) is 69.1 Å². The van der Waals surface area contributed by atoms with Crippen molar-refractivity contribution in [3.63, 3.8) is 0 Å². The minimum Gasteiger partial charge on any atom is -0.508 e. The second-order valence-electron chi connectivity index (χ2n) is 6.29. The molecule has 5 nitrogen and oxygen atoms in total. The van der Waals surface area contributed by atoms with Crippen molar-refractivity contribution in [2.75, 3.05) is 0 Å². The minimum atomic E-state index is -0.343. The Bertz CT molecular complexity index is 1000. The third-order valence-corrected chi connectivity index (χ3v) is 8.71. The van der Waals surface area contributed by atoms with E-state index in [0.717, 1.165) is 20.1 Å². The van der Waals surface area contributed by atoms with Crippen LogP contribution < -0.4 is 0 Å². The van der Waals surface area contributed by atoms with Crippen molar-refractivity contribution in [1.82, 2.24) is 15.0 Å². The number of hydrogen-bond donors (Lipinski definition) is 2. The van der Waals surface area contributed by atoms with Crippen LogP contribution in [0.25, 0.3) is 0 Å². The van der Waals surface area contributed by atoms with Gasteiger partial charge >= 0.3 is 0 Å². The lowest BCUT2D eigenvalue weighted by molar-refractivity contribution is 0.466. The zero-order valence-corrected chi connectivity index (χ0v) is 23.8. The van der Waals surface area contributed by atoms with Crippen LogP contribution in [0.4, 0.5) is 0 Å². The highest BCUT2D eigenvalue weighted by atomic mass is 79.9. The van der Waals surface area contributed by atoms with E-state index in [1.165, 1.54) is 0 Å². The van der Waals surface area contributed by atoms with Crippen LogP contribution in [0.15, 0.2) is 42.2 Å². The van der Waals surface area contributed by atoms with E-state index in [2.05, 4.69) is 92.5 Å². The maximum atomic E-state index is 10.1. The Morgan fingerprint density at radius 3 is 1.43 bits per heavy atom. The molecule has 0 aliphatic heterocycles. The number of benzene rings is 2. The first-order valence-electron chi connectivity index (χ1n) is 7.93. The van der Waals surface area contributed by atoms with E-state index in [-0.39, 0.29) is 32.8 Å². The van der Waals surface area contributed by atoms with Crippen LogP contribution in [0.1, 0.15) is 25.0 Å². The summed E-state index contributed by atoms with van der Waals surface area (Å²) in [6.07, 6.45) is 0. The van der Waals surface area contributed by atoms with E-state index >= 15 is 0 Å². The molecule has 30 heavy (non-hydrogen) atoms. The summed E-state index contributed by atoms with van der Waals surface area (Å²) in [7, 11) is 0. The zero-order chi connectivity index (χ0) is 22.8. The predicted molar refractivity (Wildman–Crippen MR) is 134 cm³/mol. The third kappa shape index (κ3) is 5.99. The van der Waals surface area contributed by atoms with E-state index in [4.69, 9.17) is 34.8 Å². The van der Waals surface area contributed by atoms with E-state index in [1.807, 2.05) is 12.1 Å². The summed E-state index contributed by atoms with van der Waals surface area (Å²) < 4.78 is 2.76. The van der Waals surface area contributed by atoms with Crippen molar-refractivity contribution in [3.8, 4) is 11.5 Å². The molecule has 0 radical (unpaired) electrons. The molecular formula is C18H12Br4Cl3N3O2. The van der Waals surface area contributed by atoms with Crippen LogP contribution in [0.5, 0.6) is 11.5 Å². The fourth-order valence-electron chi connectivity index (χ4n) is 2.49. The van der Waals surface area contributed by atoms with Crippen LogP contribution in [0.3, 0.4) is 0 Å². The highest BCUT2D eigenvalue weighted by Crippen LogP contribution is 2.51. The van der Waals surface area contributed by atoms with Gasteiger partial charge in [-0.2, -0.15) is 15.0 Å². The number of rotatable bonds is 2. The summed E-state index contributed by atoms with van der Waals surface area (Å²) >= 11 is 29.9. The Morgan fingerprint density at radius 1 is 0.700 bits per heavy atom. The largest absolute Gasteiger partial charge is 0.508 e. The number of hydrogen-bond acceptors (Lipinski definition) is 5. The summed E-state index contributed by atoms with van der Waals surface area (Å²) in [6.45, 7) is 4.17. The minimum absolute atomic E-state index is 0.000000000000000444. The predicted octanol–water partition coefficient (Wildman–Crippen LogP) is 8.31. The maximum Gasteiger partial charge on any atom is 0.227 e. The number of phenolic OH excluding ortho intramolecular Hbond substituents is 2. The first kappa shape index (κ1) is 26.1. The fourth-order valence-corrected chi connectivity index (χ4v) is 6.19. The molecule has 2 aromatic carbocycles. The summed E-state index contributed by atoms with van der Waals surface area (Å²) in [5, 5.41) is 19.5. The smallest absolute Gasteiger partial charge is 0.227 e. The van der Waals surface area contributed by atoms with Gasteiger partial charge in [0.1, 0.15) is 11.5 Å². The SMILES string of the molecule is CC(C)(c1ccc(O)cc1)c1c(Br)c(Br)c(O)c(Br)c1Br.Clc1nc(Cl)nc(Cl)n1. The van der Waals surface area contributed by atoms with Crippen molar-refractivity contribution in [1.29, 1.82) is 0 Å². The van der Waals surface area contributed by atoms with Gasteiger partial charge in [0.05, 0.1) is 8.95 Å². The molecule has 0 bridgehead atoms. The molecule has 0 amide bonds. The van der Waals surface area contributed by atoms with E-state index in [0.29, 0.717) is 8.95 Å². The van der Waals surface area contributed by atoms with Gasteiger partial charge < -0.3 is 10.2 Å². The van der Waals surface area contributed by atoms with E-state index < -0.39 is 0 Å². The molecule has 0 atom stereocenters. The lowest BCUT2D eigenvalue weighted by Crippen LogP contribution is -2.20. The molecule has 0 spiro atoms. The Kier molecular flexibility index (Phi) is 9.25. The molecule has 2 N–H and O–H groups in total. The Labute approximate surface area is 221 Å². The molecule has 160 valence electrons. The lowest BCUT2D eigenvalue weighted by atomic mass is 9.78. The number of nitrogens with zero attached hydrogens (tertiary/aromatic N) is 3. The van der Waals surface area contributed by atoms with Crippen molar-refractivity contribution in [2.24, 2.45) is 0 Å². The molecule has 0 saturated heterocycles. The monoisotopic (exact) mass is 723 g/mol. The highest BCUT2D eigenvalue weighted by molar-refractivity contribution is 9.14. The number of aromatic nitrogens is 3. The molecule has 1 aromatic heterocycles. The lowest BCUT2D eigenvalue weighted by Gasteiger charge is -2.30. The Hall–Kier alpha value is -0.160. The van der Waals surface area contributed by atoms with Gasteiger partial charge in [0, 0.05) is 14.4 Å². The molecule has 0 saturated carbocycles. The van der Waals surface area contributed by atoms with Crippen LogP contribution in [-0.4, -0.2) is 25.2 Å². The summed E-state index contributed by atoms with van der Waals surface area (Å²) in [5.74, 6) is 0.375. The average molecular weight is 728 g/mol. The second-order valence-corrected chi connectivity index (χ2v) is 10.5. The topological polar surface area (TPSA) is 79.1 Å². The second kappa shape index (κ2) is 10.6. The number of phenols is 2. The quantitative estimate of drug-likeness (QED) is 0.260. The molecule has 0 unspecified atom stereocenters. The average Bonchev–Trinajstić information content (AvgIpc) is 2.64. The Balaban J connectivity index is 0.000000297. The van der Waals surface area contributed by atoms with Crippen LogP contribution in [0, 0.1) is 0 Å². The van der Waals surface area contributed by atoms with Gasteiger partial charge in [0.2, 0.25) is 15.9 Å². The third-order valence-electron chi connectivity index (χ3n) is 4.01. The molecule has 3 rings (SSSR count). The molecule has 3 aromatic rings. The first-order valence-corrected chi connectivity index (χ1v) is 12.2. The maximum absolute atomic E-state index is 10.1. The summed E-state index contributed by atoms with van der Waals surface area (Å²) in [6, 6.07) is 7.12. The molecule has 0 aliphatic carbocycles. The summed E-state index contributed by atoms with van der Waals surface area (Å²) in [5.41, 5.74) is 1.69. The molecular weight excluding hydrogens is 716 g/mol. The molecule has 12 heteroatoms. The zero-order valence-electron chi connectivity index (χ0n) is 15.2. The van der Waals surface area contributed by atoms with Crippen molar-refractivity contribution in [2.45, 2.75) is 19.3 Å². The fraction of sp³-hybridized carbons (Fsp3) is 0.167.